The summed E-state index contributed by atoms with van der Waals surface area (Å²) in [5.74, 6) is -0.0572. The van der Waals surface area contributed by atoms with Crippen molar-refractivity contribution in [1.82, 2.24) is 19.8 Å². The quantitative estimate of drug-likeness (QED) is 0.181. The van der Waals surface area contributed by atoms with Crippen LogP contribution in [0.5, 0.6) is 0 Å². The highest BCUT2D eigenvalue weighted by Crippen LogP contribution is 2.39. The van der Waals surface area contributed by atoms with Gasteiger partial charge in [-0.25, -0.2) is 4.79 Å². The molecule has 0 saturated carbocycles. The number of carbonyl (C=O) groups excluding carboxylic acids is 1. The van der Waals surface area contributed by atoms with E-state index in [1.807, 2.05) is 77.4 Å². The van der Waals surface area contributed by atoms with Gasteiger partial charge in [-0.15, -0.1) is 0 Å². The maximum absolute atomic E-state index is 12.8. The molecule has 0 unspecified atom stereocenters. The summed E-state index contributed by atoms with van der Waals surface area (Å²) in [7, 11) is 0. The molecule has 7 rings (SSSR count). The highest BCUT2D eigenvalue weighted by molar-refractivity contribution is 5.75. The molecule has 1 amide bonds. The van der Waals surface area contributed by atoms with Crippen molar-refractivity contribution in [2.75, 3.05) is 19.6 Å². The van der Waals surface area contributed by atoms with Crippen LogP contribution in [0.25, 0.3) is 22.2 Å². The molecule has 48 heavy (non-hydrogen) atoms. The molecule has 2 fully saturated rings. The first kappa shape index (κ1) is 32.0. The minimum absolute atomic E-state index is 0.000398. The van der Waals surface area contributed by atoms with Crippen LogP contribution < -0.4 is 11.0 Å². The molecule has 9 nitrogen and oxygen atoms in total. The molecule has 0 radical (unpaired) electrons. The molecule has 9 heteroatoms. The number of imidazole rings is 1. The highest BCUT2D eigenvalue weighted by Gasteiger charge is 2.34. The Bertz CT molecular complexity index is 1930. The maximum Gasteiger partial charge on any atom is 0.326 e. The van der Waals surface area contributed by atoms with Crippen LogP contribution in [0.2, 0.25) is 0 Å². The lowest BCUT2D eigenvalue weighted by Crippen LogP contribution is -2.43. The Balaban J connectivity index is 1.09. The molecule has 0 spiro atoms. The second-order valence-electron chi connectivity index (χ2n) is 12.9. The number of nitrogens with zero attached hydrogens (tertiary/aromatic N) is 2. The number of amides is 1. The van der Waals surface area contributed by atoms with Gasteiger partial charge in [0.1, 0.15) is 0 Å². The molecule has 5 aromatic rings. The fraction of sp³-hybridized carbons (Fsp3) is 0.333. The summed E-state index contributed by atoms with van der Waals surface area (Å²) < 4.78 is 15.3. The first-order valence-electron chi connectivity index (χ1n) is 16.8. The monoisotopic (exact) mass is 646 g/mol. The summed E-state index contributed by atoms with van der Waals surface area (Å²) in [6, 6.07) is 32.5. The van der Waals surface area contributed by atoms with Crippen LogP contribution in [0.15, 0.2) is 102 Å². The number of H-pyrrole nitrogens is 1. The first-order valence-corrected chi connectivity index (χ1v) is 16.8. The molecule has 3 heterocycles. The maximum atomic E-state index is 12.8. The molecule has 0 bridgehead atoms. The smallest absolute Gasteiger partial charge is 0.326 e. The highest BCUT2D eigenvalue weighted by atomic mass is 16.7. The van der Waals surface area contributed by atoms with Crippen molar-refractivity contribution in [2.24, 2.45) is 0 Å². The van der Waals surface area contributed by atoms with Gasteiger partial charge in [0.15, 0.2) is 6.29 Å². The zero-order chi connectivity index (χ0) is 33.0. The molecule has 4 aromatic carbocycles. The standard InChI is InChI=1S/C39H42N4O5/c1-26(45)40-23-28-6-4-7-30(20-28)31-8-5-9-32(21-31)38-47-34(22-37(48-38)29-14-12-27(25-44)13-15-29)24-42-18-16-33(17-19-42)43-36-11-3-2-10-35(36)41-39(43)46/h2-15,20-21,33-34,37-38,44H,16-19,22-25H2,1H3,(H,40,45)(H,41,46)/t34-,37+,38+/m0/s1. The van der Waals surface area contributed by atoms with Crippen molar-refractivity contribution in [3.8, 4) is 11.1 Å². The number of hydrogen-bond donors (Lipinski definition) is 3. The van der Waals surface area contributed by atoms with Crippen LogP contribution in [0.4, 0.5) is 0 Å². The molecule has 2 aliphatic heterocycles. The Hall–Kier alpha value is -4.54. The normalized spacial score (nSPS) is 20.6. The number of aromatic amines is 1. The van der Waals surface area contributed by atoms with Gasteiger partial charge in [-0.1, -0.05) is 72.8 Å². The molecule has 2 aliphatic rings. The Kier molecular flexibility index (Phi) is 9.54. The number of fused-ring (bicyclic) bond motifs is 1. The largest absolute Gasteiger partial charge is 0.392 e. The van der Waals surface area contributed by atoms with E-state index in [-0.39, 0.29) is 36.5 Å². The van der Waals surface area contributed by atoms with Crippen molar-refractivity contribution in [1.29, 1.82) is 0 Å². The molecule has 248 valence electrons. The zero-order valence-corrected chi connectivity index (χ0v) is 27.2. The number of aliphatic hydroxyl groups is 1. The Labute approximate surface area is 280 Å². The van der Waals surface area contributed by atoms with E-state index < -0.39 is 6.29 Å². The summed E-state index contributed by atoms with van der Waals surface area (Å²) in [4.78, 5) is 29.7. The van der Waals surface area contributed by atoms with Crippen molar-refractivity contribution in [3.63, 3.8) is 0 Å². The van der Waals surface area contributed by atoms with Crippen LogP contribution in [0.3, 0.4) is 0 Å². The number of nitrogens with one attached hydrogen (secondary N) is 2. The van der Waals surface area contributed by atoms with Gasteiger partial charge in [-0.3, -0.25) is 9.36 Å². The van der Waals surface area contributed by atoms with Gasteiger partial charge in [0.2, 0.25) is 5.91 Å². The van der Waals surface area contributed by atoms with Gasteiger partial charge >= 0.3 is 5.69 Å². The third-order valence-electron chi connectivity index (χ3n) is 9.58. The molecule has 1 aromatic heterocycles. The fourth-order valence-corrected chi connectivity index (χ4v) is 7.07. The minimum atomic E-state index is -0.559. The molecular formula is C39H42N4O5. The topological polar surface area (TPSA) is 109 Å². The number of benzene rings is 4. The van der Waals surface area contributed by atoms with Crippen LogP contribution in [-0.4, -0.2) is 51.2 Å². The number of piperidine rings is 1. The number of aromatic nitrogens is 2. The van der Waals surface area contributed by atoms with Crippen molar-refractivity contribution in [3.05, 3.63) is 130 Å². The predicted molar refractivity (Wildman–Crippen MR) is 185 cm³/mol. The van der Waals surface area contributed by atoms with E-state index in [1.165, 1.54) is 6.92 Å². The van der Waals surface area contributed by atoms with E-state index in [0.29, 0.717) is 13.0 Å². The Morgan fingerprint density at radius 3 is 2.40 bits per heavy atom. The lowest BCUT2D eigenvalue weighted by Gasteiger charge is -2.40. The lowest BCUT2D eigenvalue weighted by molar-refractivity contribution is -0.253. The average Bonchev–Trinajstić information content (AvgIpc) is 3.46. The SMILES string of the molecule is CC(=O)NCc1cccc(-c2cccc([C@@H]3O[C@H](CN4CCC(n5c(=O)[nH]c6ccccc65)CC4)C[C@H](c4ccc(CO)cc4)O3)c2)c1. The van der Waals surface area contributed by atoms with Crippen molar-refractivity contribution >= 4 is 16.9 Å². The van der Waals surface area contributed by atoms with Crippen LogP contribution in [-0.2, 0) is 27.4 Å². The van der Waals surface area contributed by atoms with E-state index in [2.05, 4.69) is 39.5 Å². The second kappa shape index (κ2) is 14.3. The summed E-state index contributed by atoms with van der Waals surface area (Å²) in [5, 5.41) is 12.5. The molecule has 2 saturated heterocycles. The number of ether oxygens (including phenoxy) is 2. The van der Waals surface area contributed by atoms with Gasteiger partial charge in [-0.2, -0.15) is 0 Å². The van der Waals surface area contributed by atoms with Crippen LogP contribution in [0.1, 0.15) is 66.9 Å². The average molecular weight is 647 g/mol. The van der Waals surface area contributed by atoms with Gasteiger partial charge in [0.05, 0.1) is 29.8 Å². The fourth-order valence-electron chi connectivity index (χ4n) is 7.07. The van der Waals surface area contributed by atoms with Gasteiger partial charge in [0, 0.05) is 51.1 Å². The number of carbonyl (C=O) groups is 1. The number of hydrogen-bond acceptors (Lipinski definition) is 6. The molecule has 0 aliphatic carbocycles. The Morgan fingerprint density at radius 2 is 1.62 bits per heavy atom. The van der Waals surface area contributed by atoms with E-state index in [4.69, 9.17) is 9.47 Å². The van der Waals surface area contributed by atoms with Gasteiger partial charge in [0.25, 0.3) is 0 Å². The van der Waals surface area contributed by atoms with E-state index >= 15 is 0 Å². The lowest BCUT2D eigenvalue weighted by atomic mass is 9.97. The Morgan fingerprint density at radius 1 is 0.875 bits per heavy atom. The van der Waals surface area contributed by atoms with Crippen LogP contribution >= 0.6 is 0 Å². The summed E-state index contributed by atoms with van der Waals surface area (Å²) >= 11 is 0. The van der Waals surface area contributed by atoms with Gasteiger partial charge in [-0.05, 0) is 64.9 Å². The van der Waals surface area contributed by atoms with Crippen molar-refractivity contribution < 1.29 is 19.4 Å². The van der Waals surface area contributed by atoms with E-state index in [1.54, 1.807) is 0 Å². The molecular weight excluding hydrogens is 604 g/mol. The van der Waals surface area contributed by atoms with E-state index in [9.17, 15) is 14.7 Å². The molecule has 3 atom stereocenters. The number of para-hydroxylation sites is 2. The third-order valence-corrected chi connectivity index (χ3v) is 9.58. The number of rotatable bonds is 9. The second-order valence-corrected chi connectivity index (χ2v) is 12.9. The first-order chi connectivity index (χ1) is 23.4. The minimum Gasteiger partial charge on any atom is -0.392 e. The number of aliphatic hydroxyl groups excluding tert-OH is 1. The van der Waals surface area contributed by atoms with E-state index in [0.717, 1.165) is 76.9 Å². The summed E-state index contributed by atoms with van der Waals surface area (Å²) in [5.41, 5.74) is 7.81. The third kappa shape index (κ3) is 7.15. The summed E-state index contributed by atoms with van der Waals surface area (Å²) in [6.45, 7) is 4.52. The zero-order valence-electron chi connectivity index (χ0n) is 27.2. The van der Waals surface area contributed by atoms with Crippen molar-refractivity contribution in [2.45, 2.75) is 63.9 Å². The van der Waals surface area contributed by atoms with Gasteiger partial charge < -0.3 is 29.8 Å². The number of likely N-dealkylation sites (tertiary alicyclic amines) is 1. The molecule has 3 N–H and O–H groups in total. The predicted octanol–water partition coefficient (Wildman–Crippen LogP) is 6.01. The van der Waals surface area contributed by atoms with Crippen LogP contribution in [0, 0.1) is 0 Å². The summed E-state index contributed by atoms with van der Waals surface area (Å²) in [6.07, 6.45) is 1.70.